The lowest BCUT2D eigenvalue weighted by Crippen LogP contribution is -2.59. The molecule has 1 aromatic heterocycles. The zero-order chi connectivity index (χ0) is 44.6. The van der Waals surface area contributed by atoms with Gasteiger partial charge in [0, 0.05) is 30.7 Å². The number of carbonyl (C=O) groups excluding carboxylic acids is 5. The molecule has 16 nitrogen and oxygen atoms in total. The highest BCUT2D eigenvalue weighted by molar-refractivity contribution is 7.91. The van der Waals surface area contributed by atoms with E-state index in [1.165, 1.54) is 11.0 Å². The van der Waals surface area contributed by atoms with Crippen LogP contribution in [0.25, 0.3) is 10.9 Å². The Kier molecular flexibility index (Phi) is 12.6. The summed E-state index contributed by atoms with van der Waals surface area (Å²) in [6.07, 6.45) is 14.1. The third-order valence-corrected chi connectivity index (χ3v) is 16.3. The van der Waals surface area contributed by atoms with Gasteiger partial charge in [-0.3, -0.25) is 23.9 Å². The fourth-order valence-electron chi connectivity index (χ4n) is 10.7. The van der Waals surface area contributed by atoms with Gasteiger partial charge in [0.05, 0.1) is 29.4 Å². The number of amides is 5. The Labute approximate surface area is 374 Å². The lowest BCUT2D eigenvalue weighted by molar-refractivity contribution is -0.142. The molecular weight excluding hydrogens is 841 g/mol. The second-order valence-corrected chi connectivity index (χ2v) is 20.8. The van der Waals surface area contributed by atoms with Gasteiger partial charge >= 0.3 is 6.09 Å². The standard InChI is InChI=1S/C47H60N6O10S/c1-2-31-27-47(31,45(57)51-64(59,60)33-21-22-33)50-42(55)37-26-32-28-53(37)44(56)40(30-13-6-7-14-30)49-46(58)63-38-19-10-15-29(38)12-4-3-5-17-35-41(61-25-24-52-23-11-20-39(52)54)34-16-8-9-18-36(34)48-43(35)62-32/h2-3,5,8-9,16,18,29-33,37-38,40H,1,4,6-7,10-15,17,19-28H2,(H,49,58)(H,50,55)(H,51,57)/t29-,31-,32-,37+,38-,40+,47-/m1/s1. The maximum absolute atomic E-state index is 15.1. The number of nitrogens with one attached hydrogen (secondary N) is 3. The molecule has 3 aliphatic heterocycles. The van der Waals surface area contributed by atoms with Gasteiger partial charge in [0.15, 0.2) is 0 Å². The van der Waals surface area contributed by atoms with E-state index in [2.05, 4.69) is 34.1 Å². The molecule has 2 saturated heterocycles. The van der Waals surface area contributed by atoms with Crippen LogP contribution in [0.3, 0.4) is 0 Å². The number of aromatic nitrogens is 1. The monoisotopic (exact) mass is 900 g/mol. The van der Waals surface area contributed by atoms with Gasteiger partial charge in [-0.25, -0.2) is 18.2 Å². The minimum Gasteiger partial charge on any atom is -0.491 e. The summed E-state index contributed by atoms with van der Waals surface area (Å²) in [6.45, 7) is 5.16. The Bertz CT molecular complexity index is 2310. The second-order valence-electron chi connectivity index (χ2n) is 18.8. The number of sulfonamides is 1. The number of alkyl carbamates (subject to hydrolysis) is 1. The van der Waals surface area contributed by atoms with Crippen molar-refractivity contribution in [1.82, 2.24) is 30.1 Å². The van der Waals surface area contributed by atoms with E-state index in [4.69, 9.17) is 19.2 Å². The van der Waals surface area contributed by atoms with Crippen LogP contribution in [0.15, 0.2) is 49.1 Å². The first-order valence-electron chi connectivity index (χ1n) is 23.4. The molecule has 7 aliphatic rings. The molecule has 0 radical (unpaired) electrons. The predicted octanol–water partition coefficient (Wildman–Crippen LogP) is 4.60. The molecule has 344 valence electrons. The first kappa shape index (κ1) is 44.0. The summed E-state index contributed by atoms with van der Waals surface area (Å²) in [5, 5.41) is 5.95. The van der Waals surface area contributed by atoms with E-state index in [0.29, 0.717) is 68.4 Å². The quantitative estimate of drug-likeness (QED) is 0.266. The number of hydrogen-bond donors (Lipinski definition) is 3. The van der Waals surface area contributed by atoms with Crippen molar-refractivity contribution in [2.45, 2.75) is 138 Å². The third kappa shape index (κ3) is 9.18. The molecule has 3 N–H and O–H groups in total. The minimum atomic E-state index is -3.93. The molecule has 4 aliphatic carbocycles. The van der Waals surface area contributed by atoms with Crippen LogP contribution in [0.5, 0.6) is 11.6 Å². The molecule has 4 saturated carbocycles. The van der Waals surface area contributed by atoms with Crippen LogP contribution >= 0.6 is 0 Å². The third-order valence-electron chi connectivity index (χ3n) is 14.5. The predicted molar refractivity (Wildman–Crippen MR) is 235 cm³/mol. The lowest BCUT2D eigenvalue weighted by Gasteiger charge is -2.32. The largest absolute Gasteiger partial charge is 0.491 e. The Morgan fingerprint density at radius 2 is 1.78 bits per heavy atom. The first-order valence-corrected chi connectivity index (χ1v) is 24.9. The molecule has 64 heavy (non-hydrogen) atoms. The van der Waals surface area contributed by atoms with Gasteiger partial charge in [-0.05, 0) is 101 Å². The number of ether oxygens (including phenoxy) is 3. The van der Waals surface area contributed by atoms with Gasteiger partial charge in [-0.15, -0.1) is 6.58 Å². The van der Waals surface area contributed by atoms with Crippen LogP contribution in [0.1, 0.15) is 102 Å². The fourth-order valence-corrected chi connectivity index (χ4v) is 12.0. The van der Waals surface area contributed by atoms with E-state index in [-0.39, 0.29) is 55.7 Å². The van der Waals surface area contributed by atoms with Crippen molar-refractivity contribution in [1.29, 1.82) is 0 Å². The van der Waals surface area contributed by atoms with E-state index in [0.717, 1.165) is 56.8 Å². The summed E-state index contributed by atoms with van der Waals surface area (Å²) in [5.41, 5.74) is -0.266. The average molecular weight is 901 g/mol. The molecule has 5 amide bonds. The molecule has 1 aromatic carbocycles. The van der Waals surface area contributed by atoms with Crippen molar-refractivity contribution in [3.05, 3.63) is 54.6 Å². The summed E-state index contributed by atoms with van der Waals surface area (Å²) in [5.74, 6) is -1.54. The number of fused-ring (bicyclic) bond motifs is 5. The van der Waals surface area contributed by atoms with Crippen molar-refractivity contribution in [3.63, 3.8) is 0 Å². The smallest absolute Gasteiger partial charge is 0.408 e. The molecule has 17 heteroatoms. The number of allylic oxidation sites excluding steroid dienone is 2. The van der Waals surface area contributed by atoms with Crippen LogP contribution in [-0.2, 0) is 40.4 Å². The van der Waals surface area contributed by atoms with E-state index < -0.39 is 68.7 Å². The van der Waals surface area contributed by atoms with E-state index in [9.17, 15) is 27.6 Å². The van der Waals surface area contributed by atoms with Gasteiger partial charge in [-0.2, -0.15) is 0 Å². The van der Waals surface area contributed by atoms with Gasteiger partial charge in [0.2, 0.25) is 33.6 Å². The van der Waals surface area contributed by atoms with Crippen molar-refractivity contribution < 1.29 is 46.6 Å². The Morgan fingerprint density at radius 1 is 0.984 bits per heavy atom. The molecule has 0 spiro atoms. The summed E-state index contributed by atoms with van der Waals surface area (Å²) < 4.78 is 47.5. The van der Waals surface area contributed by atoms with Crippen LogP contribution in [0, 0.1) is 17.8 Å². The molecule has 9 rings (SSSR count). The number of carbonyl (C=O) groups is 5. The SMILES string of the molecule is C=C[C@@H]1C[C@]1(NC(=O)[C@@H]1C[C@@H]2CN1C(=O)[C@H](C1CCCC1)NC(=O)O[C@@H]1CCC[C@H]1CCC=CCc1c(nc3ccccc3c1OCCN1CCCC1=O)O2)C(=O)NS(=O)(=O)C1CC1. The zero-order valence-corrected chi connectivity index (χ0v) is 37.2. The van der Waals surface area contributed by atoms with E-state index in [1.807, 2.05) is 29.2 Å². The molecular formula is C47H60N6O10S. The van der Waals surface area contributed by atoms with Crippen molar-refractivity contribution in [2.75, 3.05) is 26.2 Å². The highest BCUT2D eigenvalue weighted by Gasteiger charge is 2.62. The summed E-state index contributed by atoms with van der Waals surface area (Å²) in [4.78, 5) is 78.0. The van der Waals surface area contributed by atoms with Crippen LogP contribution in [0.2, 0.25) is 0 Å². The molecule has 2 bridgehead atoms. The lowest BCUT2D eigenvalue weighted by atomic mass is 9.96. The molecule has 7 atom stereocenters. The molecule has 6 fully saturated rings. The number of para-hydroxylation sites is 1. The topological polar surface area (TPSA) is 203 Å². The number of benzene rings is 1. The highest BCUT2D eigenvalue weighted by Crippen LogP contribution is 2.46. The Hall–Kier alpha value is -5.19. The molecule has 0 unspecified atom stereocenters. The van der Waals surface area contributed by atoms with Crippen LogP contribution in [-0.4, -0.2) is 114 Å². The zero-order valence-electron chi connectivity index (χ0n) is 36.3. The number of hydrogen-bond acceptors (Lipinski definition) is 11. The highest BCUT2D eigenvalue weighted by atomic mass is 32.2. The Balaban J connectivity index is 1.07. The summed E-state index contributed by atoms with van der Waals surface area (Å²) in [6, 6.07) is 5.46. The average Bonchev–Trinajstić information content (AvgIpc) is 3.94. The van der Waals surface area contributed by atoms with Gasteiger partial charge < -0.3 is 34.6 Å². The van der Waals surface area contributed by atoms with Crippen molar-refractivity contribution >= 4 is 50.6 Å². The van der Waals surface area contributed by atoms with Gasteiger partial charge in [-0.1, -0.05) is 43.2 Å². The van der Waals surface area contributed by atoms with Crippen LogP contribution in [0.4, 0.5) is 4.79 Å². The summed E-state index contributed by atoms with van der Waals surface area (Å²) >= 11 is 0. The summed E-state index contributed by atoms with van der Waals surface area (Å²) in [7, 11) is -3.93. The van der Waals surface area contributed by atoms with Crippen LogP contribution < -0.4 is 24.8 Å². The molecule has 4 heterocycles. The minimum absolute atomic E-state index is 0.0109. The maximum Gasteiger partial charge on any atom is 0.408 e. The number of likely N-dealkylation sites (tertiary alicyclic amines) is 1. The Morgan fingerprint density at radius 3 is 2.53 bits per heavy atom. The van der Waals surface area contributed by atoms with Crippen molar-refractivity contribution in [2.24, 2.45) is 17.8 Å². The molecule has 2 aromatic rings. The maximum atomic E-state index is 15.1. The fraction of sp³-hybridized carbons (Fsp3) is 0.617. The number of rotatable bonds is 11. The van der Waals surface area contributed by atoms with Crippen molar-refractivity contribution in [3.8, 4) is 11.6 Å². The van der Waals surface area contributed by atoms with E-state index in [1.54, 1.807) is 0 Å². The first-order chi connectivity index (χ1) is 30.9. The second kappa shape index (κ2) is 18.4. The van der Waals surface area contributed by atoms with E-state index >= 15 is 4.79 Å². The number of pyridine rings is 1. The van der Waals surface area contributed by atoms with Gasteiger partial charge in [0.1, 0.15) is 42.2 Å². The normalized spacial score (nSPS) is 30.1. The van der Waals surface area contributed by atoms with Gasteiger partial charge in [0.25, 0.3) is 5.91 Å². The number of nitrogens with zero attached hydrogens (tertiary/aromatic N) is 3.